The summed E-state index contributed by atoms with van der Waals surface area (Å²) in [5.74, 6) is -0.541. The number of carbonyl (C=O) groups is 1. The van der Waals surface area contributed by atoms with Gasteiger partial charge in [-0.1, -0.05) is 49.4 Å². The van der Waals surface area contributed by atoms with Crippen molar-refractivity contribution in [2.75, 3.05) is 14.2 Å². The lowest BCUT2D eigenvalue weighted by molar-refractivity contribution is -0.157. The summed E-state index contributed by atoms with van der Waals surface area (Å²) in [5, 5.41) is 0. The predicted octanol–water partition coefficient (Wildman–Crippen LogP) is 2.52. The Morgan fingerprint density at radius 1 is 1.17 bits per heavy atom. The lowest BCUT2D eigenvalue weighted by atomic mass is 9.77. The van der Waals surface area contributed by atoms with Gasteiger partial charge in [-0.2, -0.15) is 0 Å². The molecule has 0 amide bonds. The molecule has 0 bridgehead atoms. The third-order valence-electron chi connectivity index (χ3n) is 3.75. The zero-order valence-corrected chi connectivity index (χ0v) is 10.9. The molecule has 1 aromatic rings. The lowest BCUT2D eigenvalue weighted by Crippen LogP contribution is -2.42. The van der Waals surface area contributed by atoms with Gasteiger partial charge in [-0.25, -0.2) is 0 Å². The summed E-state index contributed by atoms with van der Waals surface area (Å²) in [6.45, 7) is 2.05. The Kier molecular flexibility index (Phi) is 3.53. The highest BCUT2D eigenvalue weighted by Crippen LogP contribution is 2.46. The average Bonchev–Trinajstić information content (AvgIpc) is 2.76. The monoisotopic (exact) mass is 246 g/mol. The van der Waals surface area contributed by atoms with Gasteiger partial charge in [0.15, 0.2) is 0 Å². The fraction of sp³-hybridized carbons (Fsp3) is 0.400. The van der Waals surface area contributed by atoms with E-state index in [1.54, 1.807) is 7.11 Å². The largest absolute Gasteiger partial charge is 0.468 e. The summed E-state index contributed by atoms with van der Waals surface area (Å²) >= 11 is 0. The van der Waals surface area contributed by atoms with E-state index in [0.717, 1.165) is 5.56 Å². The second kappa shape index (κ2) is 4.94. The quantitative estimate of drug-likeness (QED) is 0.607. The van der Waals surface area contributed by atoms with E-state index in [0.29, 0.717) is 0 Å². The number of methoxy groups -OCH3 is 2. The Bertz CT molecular complexity index is 452. The van der Waals surface area contributed by atoms with E-state index in [1.807, 2.05) is 42.5 Å². The molecule has 1 aliphatic carbocycles. The molecule has 0 saturated carbocycles. The molecule has 3 atom stereocenters. The fourth-order valence-corrected chi connectivity index (χ4v) is 2.80. The van der Waals surface area contributed by atoms with Crippen LogP contribution >= 0.6 is 0 Å². The van der Waals surface area contributed by atoms with Gasteiger partial charge in [0.1, 0.15) is 11.5 Å². The van der Waals surface area contributed by atoms with E-state index in [4.69, 9.17) is 9.47 Å². The van der Waals surface area contributed by atoms with Crippen molar-refractivity contribution in [2.45, 2.75) is 12.5 Å². The molecular weight excluding hydrogens is 228 g/mol. The van der Waals surface area contributed by atoms with Crippen LogP contribution in [0.15, 0.2) is 42.5 Å². The number of esters is 1. The molecule has 0 aromatic heterocycles. The molecule has 18 heavy (non-hydrogen) atoms. The summed E-state index contributed by atoms with van der Waals surface area (Å²) in [7, 11) is 3.05. The van der Waals surface area contributed by atoms with Gasteiger partial charge in [-0.05, 0) is 5.56 Å². The molecule has 3 heteroatoms. The topological polar surface area (TPSA) is 35.5 Å². The highest BCUT2D eigenvalue weighted by molar-refractivity contribution is 5.77. The van der Waals surface area contributed by atoms with E-state index in [2.05, 4.69) is 6.92 Å². The number of hydrogen-bond acceptors (Lipinski definition) is 3. The molecule has 0 unspecified atom stereocenters. The molecule has 96 valence electrons. The van der Waals surface area contributed by atoms with Gasteiger partial charge in [-0.15, -0.1) is 0 Å². The van der Waals surface area contributed by atoms with Gasteiger partial charge >= 0.3 is 5.97 Å². The first kappa shape index (κ1) is 12.8. The Labute approximate surface area is 107 Å². The second-order valence-corrected chi connectivity index (χ2v) is 4.54. The molecule has 2 rings (SSSR count). The van der Waals surface area contributed by atoms with Gasteiger partial charge in [0.05, 0.1) is 7.11 Å². The zero-order chi connectivity index (χ0) is 13.2. The molecule has 0 spiro atoms. The molecule has 1 aliphatic rings. The molecular formula is C15H18O3. The van der Waals surface area contributed by atoms with Crippen molar-refractivity contribution >= 4 is 5.97 Å². The maximum atomic E-state index is 12.0. The summed E-state index contributed by atoms with van der Waals surface area (Å²) in [6.07, 6.45) is 3.89. The number of ether oxygens (including phenoxy) is 2. The van der Waals surface area contributed by atoms with Gasteiger partial charge in [0.25, 0.3) is 0 Å². The standard InChI is InChI=1S/C15H18O3/c1-11-9-10-13(14(16)17-2)15(11,18-3)12-7-5-4-6-8-12/h4-11,13H,1-3H3/t11-,13+,15+/m0/s1. The Balaban J connectivity index is 2.50. The van der Waals surface area contributed by atoms with Gasteiger partial charge in [0, 0.05) is 13.0 Å². The van der Waals surface area contributed by atoms with E-state index in [9.17, 15) is 4.79 Å². The third kappa shape index (κ3) is 1.75. The second-order valence-electron chi connectivity index (χ2n) is 4.54. The SMILES string of the molecule is COC(=O)[C@H]1C=C[C@H](C)[C@@]1(OC)c1ccccc1. The van der Waals surface area contributed by atoms with Crippen LogP contribution in [-0.2, 0) is 19.9 Å². The van der Waals surface area contributed by atoms with E-state index in [-0.39, 0.29) is 11.9 Å². The molecule has 0 heterocycles. The Hall–Kier alpha value is -1.61. The smallest absolute Gasteiger partial charge is 0.315 e. The van der Waals surface area contributed by atoms with Crippen molar-refractivity contribution < 1.29 is 14.3 Å². The number of hydrogen-bond donors (Lipinski definition) is 0. The van der Waals surface area contributed by atoms with E-state index >= 15 is 0 Å². The van der Waals surface area contributed by atoms with Crippen LogP contribution in [0.1, 0.15) is 12.5 Å². The zero-order valence-electron chi connectivity index (χ0n) is 10.9. The van der Waals surface area contributed by atoms with Gasteiger partial charge < -0.3 is 9.47 Å². The number of benzene rings is 1. The van der Waals surface area contributed by atoms with Crippen molar-refractivity contribution in [3.05, 3.63) is 48.0 Å². The summed E-state index contributed by atoms with van der Waals surface area (Å²) in [5.41, 5.74) is 0.342. The van der Waals surface area contributed by atoms with Crippen molar-refractivity contribution in [3.63, 3.8) is 0 Å². The summed E-state index contributed by atoms with van der Waals surface area (Å²) in [6, 6.07) is 9.84. The number of carbonyl (C=O) groups excluding carboxylic acids is 1. The molecule has 0 aliphatic heterocycles. The summed E-state index contributed by atoms with van der Waals surface area (Å²) < 4.78 is 10.7. The summed E-state index contributed by atoms with van der Waals surface area (Å²) in [4.78, 5) is 12.0. The van der Waals surface area contributed by atoms with E-state index < -0.39 is 11.5 Å². The highest BCUT2D eigenvalue weighted by atomic mass is 16.5. The molecule has 0 fully saturated rings. The van der Waals surface area contributed by atoms with Crippen molar-refractivity contribution in [3.8, 4) is 0 Å². The maximum absolute atomic E-state index is 12.0. The molecule has 0 N–H and O–H groups in total. The van der Waals surface area contributed by atoms with Crippen molar-refractivity contribution in [2.24, 2.45) is 11.8 Å². The average molecular weight is 246 g/mol. The van der Waals surface area contributed by atoms with Crippen LogP contribution in [0.2, 0.25) is 0 Å². The Morgan fingerprint density at radius 2 is 1.83 bits per heavy atom. The van der Waals surface area contributed by atoms with Crippen LogP contribution in [0.5, 0.6) is 0 Å². The maximum Gasteiger partial charge on any atom is 0.315 e. The first-order valence-electron chi connectivity index (χ1n) is 6.03. The van der Waals surface area contributed by atoms with Crippen LogP contribution < -0.4 is 0 Å². The highest BCUT2D eigenvalue weighted by Gasteiger charge is 2.50. The minimum absolute atomic E-state index is 0.119. The van der Waals surface area contributed by atoms with E-state index in [1.165, 1.54) is 7.11 Å². The molecule has 3 nitrogen and oxygen atoms in total. The van der Waals surface area contributed by atoms with Crippen LogP contribution in [0.4, 0.5) is 0 Å². The molecule has 0 radical (unpaired) electrons. The molecule has 0 saturated heterocycles. The number of rotatable bonds is 3. The first-order valence-corrected chi connectivity index (χ1v) is 6.03. The van der Waals surface area contributed by atoms with Crippen LogP contribution in [0, 0.1) is 11.8 Å². The van der Waals surface area contributed by atoms with Crippen LogP contribution in [0.3, 0.4) is 0 Å². The third-order valence-corrected chi connectivity index (χ3v) is 3.75. The van der Waals surface area contributed by atoms with Crippen LogP contribution in [-0.4, -0.2) is 20.2 Å². The predicted molar refractivity (Wildman–Crippen MR) is 68.9 cm³/mol. The van der Waals surface area contributed by atoms with Crippen molar-refractivity contribution in [1.82, 2.24) is 0 Å². The minimum Gasteiger partial charge on any atom is -0.468 e. The molecule has 1 aromatic carbocycles. The lowest BCUT2D eigenvalue weighted by Gasteiger charge is -2.37. The first-order chi connectivity index (χ1) is 8.66. The fourth-order valence-electron chi connectivity index (χ4n) is 2.80. The van der Waals surface area contributed by atoms with Gasteiger partial charge in [0.2, 0.25) is 0 Å². The minimum atomic E-state index is -0.658. The van der Waals surface area contributed by atoms with Crippen LogP contribution in [0.25, 0.3) is 0 Å². The normalized spacial score (nSPS) is 30.4. The van der Waals surface area contributed by atoms with Gasteiger partial charge in [-0.3, -0.25) is 4.79 Å². The Morgan fingerprint density at radius 3 is 2.39 bits per heavy atom. The van der Waals surface area contributed by atoms with Crippen molar-refractivity contribution in [1.29, 1.82) is 0 Å².